The standard InChI is InChI=1S/C31H25F2N3O7/c1-39-23-10-12-36(19-6-3-17(32)4-7-19)31(38)27(23)30(37)35-18-5-8-22(20(33)15-18)43-24-9-11-34-21-16-25(40-2)28-29(26(21)24)42-14-13-41-28/h3-12,15-16,25,28H,13-14H2,1-2H3,(H,35,37). The average molecular weight is 590 g/mol. The second-order valence-corrected chi connectivity index (χ2v) is 9.55. The van der Waals surface area contributed by atoms with E-state index in [1.807, 2.05) is 0 Å². The minimum absolute atomic E-state index is 0.0148. The number of rotatable bonds is 7. The third-order valence-corrected chi connectivity index (χ3v) is 6.99. The van der Waals surface area contributed by atoms with Gasteiger partial charge >= 0.3 is 0 Å². The molecule has 2 unspecified atom stereocenters. The summed E-state index contributed by atoms with van der Waals surface area (Å²) in [6.45, 7) is 0.727. The SMILES string of the molecule is COc1ccn(-c2ccc(F)cc2)c(=O)c1C(=O)Nc1ccc(Oc2ccnc3c2=C2OCCOC2C(OC)C=3)c(F)c1. The lowest BCUT2D eigenvalue weighted by molar-refractivity contribution is -0.0582. The molecular weight excluding hydrogens is 564 g/mol. The fourth-order valence-electron chi connectivity index (χ4n) is 4.97. The van der Waals surface area contributed by atoms with E-state index in [-0.39, 0.29) is 22.7 Å². The van der Waals surface area contributed by atoms with Gasteiger partial charge in [0.25, 0.3) is 11.5 Å². The Bertz CT molecular complexity index is 1890. The zero-order valence-electron chi connectivity index (χ0n) is 23.0. The number of hydrogen-bond donors (Lipinski definition) is 1. The number of halogens is 2. The topological polar surface area (TPSA) is 110 Å². The van der Waals surface area contributed by atoms with Gasteiger partial charge in [-0.15, -0.1) is 0 Å². The number of methoxy groups -OCH3 is 2. The lowest BCUT2D eigenvalue weighted by atomic mass is 10.0. The van der Waals surface area contributed by atoms with Crippen LogP contribution in [-0.4, -0.2) is 55.1 Å². The highest BCUT2D eigenvalue weighted by Crippen LogP contribution is 2.28. The number of carbonyl (C=O) groups excluding carboxylic acids is 1. The van der Waals surface area contributed by atoms with E-state index >= 15 is 4.39 Å². The largest absolute Gasteiger partial charge is 0.496 e. The molecule has 43 heavy (non-hydrogen) atoms. The maximum absolute atomic E-state index is 15.3. The Morgan fingerprint density at radius 3 is 2.58 bits per heavy atom. The number of amides is 1. The van der Waals surface area contributed by atoms with Gasteiger partial charge in [-0.25, -0.2) is 8.78 Å². The van der Waals surface area contributed by atoms with Gasteiger partial charge in [0.05, 0.1) is 24.3 Å². The fourth-order valence-corrected chi connectivity index (χ4v) is 4.97. The number of fused-ring (bicyclic) bond motifs is 2. The Balaban J connectivity index is 1.29. The molecule has 4 aromatic rings. The van der Waals surface area contributed by atoms with Crippen LogP contribution >= 0.6 is 0 Å². The summed E-state index contributed by atoms with van der Waals surface area (Å²) in [6.07, 6.45) is 3.83. The molecule has 0 saturated carbocycles. The van der Waals surface area contributed by atoms with Gasteiger partial charge in [0.2, 0.25) is 0 Å². The maximum Gasteiger partial charge on any atom is 0.271 e. The van der Waals surface area contributed by atoms with Gasteiger partial charge in [0, 0.05) is 36.9 Å². The molecule has 1 amide bonds. The van der Waals surface area contributed by atoms with Crippen LogP contribution in [0.4, 0.5) is 14.5 Å². The van der Waals surface area contributed by atoms with Crippen LogP contribution in [-0.2, 0) is 14.2 Å². The summed E-state index contributed by atoms with van der Waals surface area (Å²) in [5.41, 5.74) is -0.604. The summed E-state index contributed by atoms with van der Waals surface area (Å²) in [6, 6.07) is 12.1. The van der Waals surface area contributed by atoms with E-state index in [0.29, 0.717) is 41.0 Å². The van der Waals surface area contributed by atoms with Crippen molar-refractivity contribution >= 4 is 23.4 Å². The summed E-state index contributed by atoms with van der Waals surface area (Å²) >= 11 is 0. The van der Waals surface area contributed by atoms with Gasteiger partial charge in [-0.1, -0.05) is 0 Å². The van der Waals surface area contributed by atoms with Crippen molar-refractivity contribution in [3.63, 3.8) is 0 Å². The number of carbonyl (C=O) groups is 1. The Morgan fingerprint density at radius 1 is 1.02 bits per heavy atom. The van der Waals surface area contributed by atoms with E-state index in [4.69, 9.17) is 23.7 Å². The zero-order valence-corrected chi connectivity index (χ0v) is 23.0. The number of nitrogens with zero attached hydrogens (tertiary/aromatic N) is 2. The van der Waals surface area contributed by atoms with Crippen LogP contribution in [0.15, 0.2) is 71.8 Å². The Labute approximate surface area is 243 Å². The molecule has 1 aliphatic heterocycles. The van der Waals surface area contributed by atoms with Crippen molar-refractivity contribution in [2.45, 2.75) is 12.2 Å². The first-order valence-electron chi connectivity index (χ1n) is 13.2. The summed E-state index contributed by atoms with van der Waals surface area (Å²) in [5.74, 6) is -1.39. The number of anilines is 1. The molecule has 10 nitrogen and oxygen atoms in total. The average Bonchev–Trinajstić information content (AvgIpc) is 3.02. The summed E-state index contributed by atoms with van der Waals surface area (Å²) in [7, 11) is 2.88. The van der Waals surface area contributed by atoms with E-state index in [1.165, 1.54) is 66.5 Å². The number of pyridine rings is 2. The number of ether oxygens (including phenoxy) is 5. The molecule has 3 heterocycles. The second-order valence-electron chi connectivity index (χ2n) is 9.55. The summed E-state index contributed by atoms with van der Waals surface area (Å²) in [4.78, 5) is 30.9. The molecule has 6 rings (SSSR count). The molecule has 12 heteroatoms. The van der Waals surface area contributed by atoms with E-state index in [0.717, 1.165) is 6.07 Å². The summed E-state index contributed by atoms with van der Waals surface area (Å²) in [5, 5.41) is 3.62. The fraction of sp³-hybridized carbons (Fsp3) is 0.194. The second kappa shape index (κ2) is 11.7. The molecule has 1 aliphatic carbocycles. The van der Waals surface area contributed by atoms with Crippen molar-refractivity contribution < 1.29 is 37.3 Å². The van der Waals surface area contributed by atoms with Crippen molar-refractivity contribution in [3.8, 4) is 22.9 Å². The van der Waals surface area contributed by atoms with Crippen molar-refractivity contribution in [3.05, 3.63) is 105 Å². The van der Waals surface area contributed by atoms with E-state index in [9.17, 15) is 14.0 Å². The van der Waals surface area contributed by atoms with Gasteiger partial charge in [-0.05, 0) is 54.6 Å². The molecule has 1 fully saturated rings. The molecule has 0 spiro atoms. The highest BCUT2D eigenvalue weighted by Gasteiger charge is 2.34. The number of aromatic nitrogens is 2. The van der Waals surface area contributed by atoms with Gasteiger partial charge in [-0.2, -0.15) is 0 Å². The molecule has 0 radical (unpaired) electrons. The third kappa shape index (κ3) is 5.33. The van der Waals surface area contributed by atoms with Crippen LogP contribution in [0.2, 0.25) is 0 Å². The number of hydrogen-bond acceptors (Lipinski definition) is 8. The minimum atomic E-state index is -0.824. The van der Waals surface area contributed by atoms with Crippen LogP contribution in [0, 0.1) is 11.6 Å². The Morgan fingerprint density at radius 2 is 1.84 bits per heavy atom. The lowest BCUT2D eigenvalue weighted by Gasteiger charge is -2.32. The van der Waals surface area contributed by atoms with Crippen LogP contribution in [0.3, 0.4) is 0 Å². The monoisotopic (exact) mass is 589 g/mol. The maximum atomic E-state index is 15.3. The minimum Gasteiger partial charge on any atom is -0.496 e. The predicted octanol–water partition coefficient (Wildman–Crippen LogP) is 2.90. The van der Waals surface area contributed by atoms with Crippen molar-refractivity contribution in [2.24, 2.45) is 0 Å². The molecule has 2 atom stereocenters. The van der Waals surface area contributed by atoms with Crippen molar-refractivity contribution in [1.82, 2.24) is 9.55 Å². The van der Waals surface area contributed by atoms with E-state index < -0.39 is 35.3 Å². The number of nitrogens with one attached hydrogen (secondary N) is 1. The Kier molecular flexibility index (Phi) is 7.61. The van der Waals surface area contributed by atoms with Crippen LogP contribution in [0.5, 0.6) is 17.2 Å². The van der Waals surface area contributed by atoms with Gasteiger partial charge in [-0.3, -0.25) is 19.1 Å². The molecular formula is C31H25F2N3O7. The first kappa shape index (κ1) is 28.1. The number of benzene rings is 2. The molecule has 2 aliphatic rings. The molecule has 2 aromatic carbocycles. The first-order chi connectivity index (χ1) is 20.9. The van der Waals surface area contributed by atoms with E-state index in [1.54, 1.807) is 19.3 Å². The highest BCUT2D eigenvalue weighted by atomic mass is 19.1. The van der Waals surface area contributed by atoms with Gasteiger partial charge in [0.15, 0.2) is 11.6 Å². The highest BCUT2D eigenvalue weighted by molar-refractivity contribution is 6.06. The van der Waals surface area contributed by atoms with Crippen LogP contribution in [0.1, 0.15) is 10.4 Å². The van der Waals surface area contributed by atoms with Crippen molar-refractivity contribution in [2.75, 3.05) is 32.8 Å². The smallest absolute Gasteiger partial charge is 0.271 e. The lowest BCUT2D eigenvalue weighted by Crippen LogP contribution is -2.48. The van der Waals surface area contributed by atoms with E-state index in [2.05, 4.69) is 10.3 Å². The third-order valence-electron chi connectivity index (χ3n) is 6.99. The zero-order chi connectivity index (χ0) is 30.1. The normalized spacial score (nSPS) is 17.2. The quantitative estimate of drug-likeness (QED) is 0.351. The van der Waals surface area contributed by atoms with Crippen molar-refractivity contribution in [1.29, 1.82) is 0 Å². The van der Waals surface area contributed by atoms with Gasteiger partial charge in [0.1, 0.15) is 47.5 Å². The summed E-state index contributed by atoms with van der Waals surface area (Å²) < 4.78 is 58.4. The molecule has 2 aromatic heterocycles. The van der Waals surface area contributed by atoms with Crippen LogP contribution < -0.4 is 30.9 Å². The van der Waals surface area contributed by atoms with Crippen LogP contribution in [0.25, 0.3) is 17.5 Å². The predicted molar refractivity (Wildman–Crippen MR) is 151 cm³/mol. The van der Waals surface area contributed by atoms with Gasteiger partial charge < -0.3 is 29.0 Å². The molecule has 1 saturated heterocycles. The first-order valence-corrected chi connectivity index (χ1v) is 13.2. The Hall–Kier alpha value is -5.07. The molecule has 1 N–H and O–H groups in total. The molecule has 0 bridgehead atoms. The molecule has 220 valence electrons.